The fourth-order valence-corrected chi connectivity index (χ4v) is 5.88. The minimum absolute atomic E-state index is 0.0230. The molecule has 1 saturated carbocycles. The van der Waals surface area contributed by atoms with Crippen LogP contribution in [0.5, 0.6) is 0 Å². The van der Waals surface area contributed by atoms with E-state index in [-0.39, 0.29) is 30.2 Å². The largest absolute Gasteiger partial charge is 0.384 e. The number of carbonyl (C=O) groups is 3. The third-order valence-corrected chi connectivity index (χ3v) is 7.74. The number of carbonyl (C=O) groups excluding carboxylic acids is 3. The second kappa shape index (κ2) is 11.3. The molecule has 1 aromatic heterocycles. The summed E-state index contributed by atoms with van der Waals surface area (Å²) in [7, 11) is 0. The zero-order valence-electron chi connectivity index (χ0n) is 20.0. The van der Waals surface area contributed by atoms with Crippen molar-refractivity contribution in [3.8, 4) is 0 Å². The Morgan fingerprint density at radius 1 is 1.06 bits per heavy atom. The number of fused-ring (bicyclic) bond motifs is 1. The Morgan fingerprint density at radius 3 is 2.53 bits per heavy atom. The van der Waals surface area contributed by atoms with E-state index in [1.807, 2.05) is 53.9 Å². The number of hydrogen-bond donors (Lipinski definition) is 5. The first-order valence-electron chi connectivity index (χ1n) is 12.1. The van der Waals surface area contributed by atoms with Crippen LogP contribution in [0.2, 0.25) is 0 Å². The number of thiophene rings is 1. The summed E-state index contributed by atoms with van der Waals surface area (Å²) < 4.78 is 1.02. The topological polar surface area (TPSA) is 151 Å². The van der Waals surface area contributed by atoms with Gasteiger partial charge in [-0.15, -0.1) is 11.3 Å². The van der Waals surface area contributed by atoms with Crippen molar-refractivity contribution in [2.45, 2.75) is 44.1 Å². The number of nitrogens with one attached hydrogen (secondary N) is 3. The zero-order valence-corrected chi connectivity index (χ0v) is 20.8. The summed E-state index contributed by atoms with van der Waals surface area (Å²) in [6, 6.07) is 15.1. The highest BCUT2D eigenvalue weighted by Crippen LogP contribution is 2.35. The summed E-state index contributed by atoms with van der Waals surface area (Å²) in [6.07, 6.45) is 3.63. The molecule has 0 spiro atoms. The van der Waals surface area contributed by atoms with Gasteiger partial charge in [0.05, 0.1) is 18.4 Å². The maximum absolute atomic E-state index is 13.8. The number of hydrogen-bond acceptors (Lipinski definition) is 5. The van der Waals surface area contributed by atoms with Gasteiger partial charge in [0.25, 0.3) is 0 Å². The molecule has 0 bridgehead atoms. The SMILES string of the molecule is N=C(N)c1ccc2scc(C(Cc3ccccc3)C(=O)N[C@H]3CCCC[C@H]3C(=O)NCC(N)=O)c2c1. The molecule has 8 nitrogen and oxygen atoms in total. The van der Waals surface area contributed by atoms with Gasteiger partial charge in [-0.05, 0) is 59.4 Å². The molecule has 3 amide bonds. The third-order valence-electron chi connectivity index (χ3n) is 6.76. The van der Waals surface area contributed by atoms with Crippen LogP contribution in [-0.2, 0) is 20.8 Å². The van der Waals surface area contributed by atoms with Gasteiger partial charge in [0, 0.05) is 16.3 Å². The Kier molecular flexibility index (Phi) is 8.00. The van der Waals surface area contributed by atoms with Crippen molar-refractivity contribution in [3.05, 3.63) is 70.6 Å². The average molecular weight is 506 g/mol. The summed E-state index contributed by atoms with van der Waals surface area (Å²) in [5, 5.41) is 16.5. The number of nitrogens with two attached hydrogens (primary N) is 2. The highest BCUT2D eigenvalue weighted by Gasteiger charge is 2.34. The van der Waals surface area contributed by atoms with Crippen molar-refractivity contribution in [3.63, 3.8) is 0 Å². The van der Waals surface area contributed by atoms with Gasteiger partial charge >= 0.3 is 0 Å². The van der Waals surface area contributed by atoms with Crippen molar-refractivity contribution in [1.29, 1.82) is 5.41 Å². The molecule has 1 unspecified atom stereocenters. The Bertz CT molecular complexity index is 1270. The summed E-state index contributed by atoms with van der Waals surface area (Å²) in [5.74, 6) is -1.93. The zero-order chi connectivity index (χ0) is 25.7. The van der Waals surface area contributed by atoms with Crippen molar-refractivity contribution in [2.75, 3.05) is 6.54 Å². The lowest BCUT2D eigenvalue weighted by Gasteiger charge is -2.32. The molecule has 1 aliphatic carbocycles. The van der Waals surface area contributed by atoms with Crippen LogP contribution in [0.1, 0.15) is 48.3 Å². The van der Waals surface area contributed by atoms with Crippen LogP contribution >= 0.6 is 11.3 Å². The van der Waals surface area contributed by atoms with E-state index in [2.05, 4.69) is 10.6 Å². The van der Waals surface area contributed by atoms with Gasteiger partial charge < -0.3 is 22.1 Å². The lowest BCUT2D eigenvalue weighted by Crippen LogP contribution is -2.50. The second-order valence-corrected chi connectivity index (χ2v) is 10.2. The van der Waals surface area contributed by atoms with E-state index in [1.54, 1.807) is 11.3 Å². The van der Waals surface area contributed by atoms with Crippen LogP contribution in [0, 0.1) is 11.3 Å². The van der Waals surface area contributed by atoms with Crippen LogP contribution in [0.15, 0.2) is 53.9 Å². The van der Waals surface area contributed by atoms with Gasteiger partial charge in [0.15, 0.2) is 0 Å². The molecule has 1 fully saturated rings. The maximum atomic E-state index is 13.8. The van der Waals surface area contributed by atoms with Gasteiger partial charge in [0.2, 0.25) is 17.7 Å². The monoisotopic (exact) mass is 505 g/mol. The van der Waals surface area contributed by atoms with Crippen LogP contribution in [-0.4, -0.2) is 36.1 Å². The first kappa shape index (κ1) is 25.4. The molecule has 0 aliphatic heterocycles. The number of benzene rings is 2. The number of amides is 3. The van der Waals surface area contributed by atoms with E-state index >= 15 is 0 Å². The molecule has 1 heterocycles. The molecular formula is C27H31N5O3S. The predicted molar refractivity (Wildman–Crippen MR) is 142 cm³/mol. The molecule has 1 aliphatic rings. The lowest BCUT2D eigenvalue weighted by atomic mass is 9.82. The molecule has 7 N–H and O–H groups in total. The minimum atomic E-state index is -0.600. The molecule has 4 rings (SSSR count). The van der Waals surface area contributed by atoms with Gasteiger partial charge in [0.1, 0.15) is 5.84 Å². The Morgan fingerprint density at radius 2 is 1.81 bits per heavy atom. The van der Waals surface area contributed by atoms with Crippen molar-refractivity contribution >= 4 is 45.0 Å². The van der Waals surface area contributed by atoms with E-state index in [0.29, 0.717) is 24.8 Å². The van der Waals surface area contributed by atoms with Gasteiger partial charge in [-0.3, -0.25) is 19.8 Å². The van der Waals surface area contributed by atoms with Gasteiger partial charge in [-0.25, -0.2) is 0 Å². The summed E-state index contributed by atoms with van der Waals surface area (Å²) in [6.45, 7) is -0.216. The van der Waals surface area contributed by atoms with E-state index in [9.17, 15) is 14.4 Å². The summed E-state index contributed by atoms with van der Waals surface area (Å²) >= 11 is 1.55. The Balaban J connectivity index is 1.63. The van der Waals surface area contributed by atoms with Crippen LogP contribution in [0.4, 0.5) is 0 Å². The minimum Gasteiger partial charge on any atom is -0.384 e. The van der Waals surface area contributed by atoms with Crippen LogP contribution in [0.25, 0.3) is 10.1 Å². The predicted octanol–water partition coefficient (Wildman–Crippen LogP) is 2.79. The molecule has 0 saturated heterocycles. The fraction of sp³-hybridized carbons (Fsp3) is 0.333. The van der Waals surface area contributed by atoms with E-state index < -0.39 is 17.7 Å². The number of rotatable bonds is 9. The quantitative estimate of drug-likeness (QED) is 0.224. The third kappa shape index (κ3) is 5.91. The Hall–Kier alpha value is -3.72. The first-order valence-corrected chi connectivity index (χ1v) is 13.0. The van der Waals surface area contributed by atoms with Crippen molar-refractivity contribution in [1.82, 2.24) is 10.6 Å². The standard InChI is InChI=1S/C27H31N5O3S/c28-24(33)14-31-26(34)18-8-4-5-9-22(18)32-27(35)20(12-16-6-2-1-3-7-16)21-15-36-23-11-10-17(25(29)30)13-19(21)23/h1-3,6-7,10-11,13,15,18,20,22H,4-5,8-9,12,14H2,(H2,28,33)(H3,29,30)(H,31,34)(H,32,35)/t18-,20?,22+/m1/s1. The Labute approximate surface area is 213 Å². The van der Waals surface area contributed by atoms with Gasteiger partial charge in [-0.1, -0.05) is 43.2 Å². The molecule has 9 heteroatoms. The smallest absolute Gasteiger partial charge is 0.236 e. The van der Waals surface area contributed by atoms with Crippen LogP contribution < -0.4 is 22.1 Å². The summed E-state index contributed by atoms with van der Waals surface area (Å²) in [4.78, 5) is 37.7. The lowest BCUT2D eigenvalue weighted by molar-refractivity contribution is -0.130. The second-order valence-electron chi connectivity index (χ2n) is 9.25. The van der Waals surface area contributed by atoms with Crippen LogP contribution in [0.3, 0.4) is 0 Å². The molecule has 3 aromatic rings. The normalized spacial score (nSPS) is 18.3. The van der Waals surface area contributed by atoms with Crippen molar-refractivity contribution in [2.24, 2.45) is 17.4 Å². The van der Waals surface area contributed by atoms with E-state index in [4.69, 9.17) is 16.9 Å². The highest BCUT2D eigenvalue weighted by molar-refractivity contribution is 7.17. The molecule has 2 aromatic carbocycles. The molecular weight excluding hydrogens is 474 g/mol. The molecule has 0 radical (unpaired) electrons. The number of primary amides is 1. The van der Waals surface area contributed by atoms with E-state index in [0.717, 1.165) is 34.1 Å². The first-order chi connectivity index (χ1) is 17.3. The highest BCUT2D eigenvalue weighted by atomic mass is 32.1. The number of amidine groups is 1. The molecule has 188 valence electrons. The molecule has 36 heavy (non-hydrogen) atoms. The van der Waals surface area contributed by atoms with Gasteiger partial charge in [-0.2, -0.15) is 0 Å². The van der Waals surface area contributed by atoms with Crippen molar-refractivity contribution < 1.29 is 14.4 Å². The fourth-order valence-electron chi connectivity index (χ4n) is 4.89. The number of nitrogen functional groups attached to an aromatic ring is 1. The summed E-state index contributed by atoms with van der Waals surface area (Å²) in [5.41, 5.74) is 13.4. The molecule has 3 atom stereocenters. The van der Waals surface area contributed by atoms with E-state index in [1.165, 1.54) is 0 Å². The maximum Gasteiger partial charge on any atom is 0.236 e. The average Bonchev–Trinajstić information content (AvgIpc) is 3.29.